The summed E-state index contributed by atoms with van der Waals surface area (Å²) in [7, 11) is 0. The zero-order valence-corrected chi connectivity index (χ0v) is 15.1. The molecular weight excluding hydrogens is 394 g/mol. The lowest BCUT2D eigenvalue weighted by Gasteiger charge is -2.09. The van der Waals surface area contributed by atoms with Gasteiger partial charge in [0.2, 0.25) is 11.7 Å². The first-order chi connectivity index (χ1) is 13.6. The van der Waals surface area contributed by atoms with Crippen LogP contribution in [0.2, 0.25) is 0 Å². The maximum Gasteiger partial charge on any atom is 0.409 e. The molecule has 1 fully saturated rings. The second-order valence-electron chi connectivity index (χ2n) is 6.38. The quantitative estimate of drug-likeness (QED) is 0.215. The van der Waals surface area contributed by atoms with Gasteiger partial charge in [0.15, 0.2) is 0 Å². The molecule has 0 radical (unpaired) electrons. The van der Waals surface area contributed by atoms with Crippen LogP contribution in [0.4, 0.5) is 25.0 Å². The highest BCUT2D eigenvalue weighted by Crippen LogP contribution is 2.55. The number of anilines is 2. The molecule has 0 saturated heterocycles. The van der Waals surface area contributed by atoms with Crippen LogP contribution in [0, 0.1) is 25.7 Å². The summed E-state index contributed by atoms with van der Waals surface area (Å²) in [6, 6.07) is 2.80. The Kier molecular flexibility index (Phi) is 4.82. The number of nitrogens with one attached hydrogen (secondary N) is 2. The van der Waals surface area contributed by atoms with Gasteiger partial charge in [0.1, 0.15) is 34.7 Å². The number of halogens is 2. The van der Waals surface area contributed by atoms with Gasteiger partial charge in [0.05, 0.1) is 11.4 Å². The largest absolute Gasteiger partial charge is 0.465 e. The van der Waals surface area contributed by atoms with Crippen LogP contribution < -0.4 is 16.4 Å². The van der Waals surface area contributed by atoms with Crippen LogP contribution >= 0.6 is 0 Å². The predicted molar refractivity (Wildman–Crippen MR) is 94.8 cm³/mol. The number of alkyl halides is 2. The Morgan fingerprint density at radius 1 is 1.24 bits per heavy atom. The number of nitrogens with two attached hydrogens (primary N) is 1. The number of aryl methyl sites for hydroxylation is 2. The number of amides is 2. The van der Waals surface area contributed by atoms with E-state index in [1.54, 1.807) is 0 Å². The molecule has 0 bridgehead atoms. The molecular formula is C16H16F2N6O5. The lowest BCUT2D eigenvalue weighted by Crippen LogP contribution is -2.21. The third-order valence-corrected chi connectivity index (χ3v) is 4.44. The van der Waals surface area contributed by atoms with Gasteiger partial charge < -0.3 is 25.9 Å². The van der Waals surface area contributed by atoms with E-state index in [9.17, 15) is 18.4 Å². The highest BCUT2D eigenvalue weighted by Gasteiger charge is 2.74. The predicted octanol–water partition coefficient (Wildman–Crippen LogP) is 2.01. The Morgan fingerprint density at radius 3 is 2.52 bits per heavy atom. The smallest absolute Gasteiger partial charge is 0.409 e. The van der Waals surface area contributed by atoms with Crippen LogP contribution in [-0.4, -0.2) is 44.2 Å². The third kappa shape index (κ3) is 3.53. The number of nitrogens with zero attached hydrogens (tertiary/aromatic N) is 3. The average Bonchev–Trinajstić information content (AvgIpc) is 3.06. The Hall–Kier alpha value is -3.77. The molecule has 29 heavy (non-hydrogen) atoms. The first-order valence-electron chi connectivity index (χ1n) is 8.18. The fraction of sp³-hybridized carbons (Fsp3) is 0.312. The Bertz CT molecular complexity index is 1020. The topological polar surface area (TPSA) is 176 Å². The van der Waals surface area contributed by atoms with Crippen molar-refractivity contribution in [1.82, 2.24) is 10.1 Å². The zero-order valence-electron chi connectivity index (χ0n) is 15.1. The fourth-order valence-corrected chi connectivity index (χ4v) is 2.91. The van der Waals surface area contributed by atoms with E-state index in [-0.39, 0.29) is 28.5 Å². The average molecular weight is 410 g/mol. The summed E-state index contributed by atoms with van der Waals surface area (Å²) in [5.74, 6) is -8.53. The van der Waals surface area contributed by atoms with Crippen molar-refractivity contribution >= 4 is 29.2 Å². The Balaban J connectivity index is 1.81. The number of carboxylic acid groups (broad SMARTS) is 1. The second-order valence-corrected chi connectivity index (χ2v) is 6.38. The minimum absolute atomic E-state index is 0.0617. The third-order valence-electron chi connectivity index (χ3n) is 4.44. The van der Waals surface area contributed by atoms with Crippen molar-refractivity contribution in [2.75, 3.05) is 10.6 Å². The SMILES string of the molecule is Cc1nc(-c2onc(C)c2NC(=O)O)ccc1NC(=O)C1C(/C(N)=N/O)C1(F)F. The summed E-state index contributed by atoms with van der Waals surface area (Å²) in [6.07, 6.45) is -1.32. The van der Waals surface area contributed by atoms with Crippen molar-refractivity contribution in [2.45, 2.75) is 19.8 Å². The fourth-order valence-electron chi connectivity index (χ4n) is 2.91. The first kappa shape index (κ1) is 20.0. The molecule has 0 aromatic carbocycles. The molecule has 11 nitrogen and oxygen atoms in total. The molecule has 2 amide bonds. The van der Waals surface area contributed by atoms with Crippen molar-refractivity contribution in [3.63, 3.8) is 0 Å². The van der Waals surface area contributed by atoms with Gasteiger partial charge >= 0.3 is 6.09 Å². The van der Waals surface area contributed by atoms with Gasteiger partial charge in [-0.25, -0.2) is 18.6 Å². The minimum atomic E-state index is -3.42. The highest BCUT2D eigenvalue weighted by molar-refractivity contribution is 6.02. The molecule has 2 heterocycles. The van der Waals surface area contributed by atoms with Crippen molar-refractivity contribution in [3.8, 4) is 11.5 Å². The number of oxime groups is 1. The van der Waals surface area contributed by atoms with Gasteiger partial charge in [-0.05, 0) is 26.0 Å². The first-order valence-corrected chi connectivity index (χ1v) is 8.18. The molecule has 2 unspecified atom stereocenters. The van der Waals surface area contributed by atoms with Crippen molar-refractivity contribution < 1.29 is 33.2 Å². The molecule has 13 heteroatoms. The van der Waals surface area contributed by atoms with E-state index in [1.165, 1.54) is 26.0 Å². The normalized spacial score (nSPS) is 20.2. The number of carbonyl (C=O) groups excluding carboxylic acids is 1. The van der Waals surface area contributed by atoms with Gasteiger partial charge in [-0.1, -0.05) is 10.3 Å². The maximum atomic E-state index is 13.8. The molecule has 2 aromatic heterocycles. The van der Waals surface area contributed by atoms with Gasteiger partial charge in [-0.15, -0.1) is 0 Å². The number of pyridine rings is 1. The van der Waals surface area contributed by atoms with E-state index >= 15 is 0 Å². The summed E-state index contributed by atoms with van der Waals surface area (Å²) < 4.78 is 32.6. The van der Waals surface area contributed by atoms with Gasteiger partial charge in [0.25, 0.3) is 5.92 Å². The summed E-state index contributed by atoms with van der Waals surface area (Å²) in [4.78, 5) is 27.3. The van der Waals surface area contributed by atoms with E-state index in [0.717, 1.165) is 0 Å². The van der Waals surface area contributed by atoms with Gasteiger partial charge in [-0.2, -0.15) is 0 Å². The molecule has 6 N–H and O–H groups in total. The molecule has 0 spiro atoms. The molecule has 1 aliphatic rings. The zero-order chi connectivity index (χ0) is 21.5. The number of rotatable bonds is 5. The van der Waals surface area contributed by atoms with Crippen molar-refractivity contribution in [3.05, 3.63) is 23.5 Å². The molecule has 1 saturated carbocycles. The van der Waals surface area contributed by atoms with Crippen LogP contribution in [0.25, 0.3) is 11.5 Å². The van der Waals surface area contributed by atoms with E-state index in [4.69, 9.17) is 20.6 Å². The Morgan fingerprint density at radius 2 is 1.93 bits per heavy atom. The molecule has 154 valence electrons. The molecule has 0 aliphatic heterocycles. The Labute approximate surface area is 161 Å². The summed E-state index contributed by atoms with van der Waals surface area (Å²) in [5.41, 5.74) is 6.25. The van der Waals surface area contributed by atoms with E-state index < -0.39 is 35.6 Å². The van der Waals surface area contributed by atoms with Crippen LogP contribution in [-0.2, 0) is 4.79 Å². The summed E-state index contributed by atoms with van der Waals surface area (Å²) in [6.45, 7) is 3.05. The molecule has 2 atom stereocenters. The standard InChI is InChI=1S/C16H16F2N6O5/c1-5-7(21-14(25)10-9(13(19)23-28)16(10,17)18)3-4-8(20-5)12-11(22-15(26)27)6(2)24-29-12/h3-4,9-10,22,28H,1-2H3,(H2,19,23)(H,21,25)(H,26,27). The van der Waals surface area contributed by atoms with E-state index in [0.29, 0.717) is 5.69 Å². The van der Waals surface area contributed by atoms with Crippen molar-refractivity contribution in [2.24, 2.45) is 22.7 Å². The van der Waals surface area contributed by atoms with Crippen molar-refractivity contribution in [1.29, 1.82) is 0 Å². The maximum absolute atomic E-state index is 13.8. The number of hydrogen-bond donors (Lipinski definition) is 5. The number of aromatic nitrogens is 2. The monoisotopic (exact) mass is 410 g/mol. The second kappa shape index (κ2) is 7.00. The minimum Gasteiger partial charge on any atom is -0.465 e. The number of carbonyl (C=O) groups is 2. The number of hydrogen-bond acceptors (Lipinski definition) is 7. The summed E-state index contributed by atoms with van der Waals surface area (Å²) >= 11 is 0. The van der Waals surface area contributed by atoms with Gasteiger partial charge in [-0.3, -0.25) is 10.1 Å². The molecule has 3 rings (SSSR count). The van der Waals surface area contributed by atoms with E-state index in [1.807, 2.05) is 0 Å². The highest BCUT2D eigenvalue weighted by atomic mass is 19.3. The lowest BCUT2D eigenvalue weighted by atomic mass is 10.2. The van der Waals surface area contributed by atoms with Crippen LogP contribution in [0.3, 0.4) is 0 Å². The van der Waals surface area contributed by atoms with Crippen LogP contribution in [0.15, 0.2) is 21.8 Å². The van der Waals surface area contributed by atoms with Crippen LogP contribution in [0.5, 0.6) is 0 Å². The number of amidine groups is 1. The molecule has 1 aliphatic carbocycles. The lowest BCUT2D eigenvalue weighted by molar-refractivity contribution is -0.119. The van der Waals surface area contributed by atoms with Crippen LogP contribution in [0.1, 0.15) is 11.4 Å². The summed E-state index contributed by atoms with van der Waals surface area (Å²) in [5, 5.41) is 28.2. The van der Waals surface area contributed by atoms with Gasteiger partial charge in [0, 0.05) is 0 Å². The molecule has 2 aromatic rings. The van der Waals surface area contributed by atoms with E-state index in [2.05, 4.69) is 25.9 Å².